The zero-order chi connectivity index (χ0) is 15.9. The van der Waals surface area contributed by atoms with Crippen LogP contribution in [-0.4, -0.2) is 65.8 Å². The van der Waals surface area contributed by atoms with Crippen molar-refractivity contribution in [2.75, 3.05) is 11.9 Å². The predicted octanol–water partition coefficient (Wildman–Crippen LogP) is -0.742. The van der Waals surface area contributed by atoms with Crippen LogP contribution in [0.3, 0.4) is 0 Å². The van der Waals surface area contributed by atoms with Crippen LogP contribution >= 0.6 is 0 Å². The molecule has 2 aromatic heterocycles. The Morgan fingerprint density at radius 3 is 2.68 bits per heavy atom. The van der Waals surface area contributed by atoms with E-state index in [2.05, 4.69) is 20.3 Å². The first kappa shape index (κ1) is 15.1. The summed E-state index contributed by atoms with van der Waals surface area (Å²) in [4.78, 5) is 12.6. The van der Waals surface area contributed by atoms with Crippen LogP contribution in [0.1, 0.15) is 20.1 Å². The number of anilines is 1. The largest absolute Gasteiger partial charge is 0.394 e. The van der Waals surface area contributed by atoms with Crippen LogP contribution in [0.5, 0.6) is 0 Å². The maximum atomic E-state index is 10.1. The number of nitrogens with zero attached hydrogens (tertiary/aromatic N) is 4. The van der Waals surface area contributed by atoms with Crippen molar-refractivity contribution >= 4 is 17.0 Å². The predicted molar refractivity (Wildman–Crippen MR) is 77.1 cm³/mol. The van der Waals surface area contributed by atoms with E-state index in [-0.39, 0.29) is 12.6 Å². The minimum Gasteiger partial charge on any atom is -0.394 e. The van der Waals surface area contributed by atoms with Gasteiger partial charge in [0.2, 0.25) is 0 Å². The molecule has 0 amide bonds. The molecule has 1 unspecified atom stereocenters. The van der Waals surface area contributed by atoms with Gasteiger partial charge >= 0.3 is 0 Å². The van der Waals surface area contributed by atoms with E-state index in [9.17, 15) is 10.2 Å². The van der Waals surface area contributed by atoms with E-state index in [1.54, 1.807) is 0 Å². The molecule has 0 bridgehead atoms. The quantitative estimate of drug-likeness (QED) is 0.582. The van der Waals surface area contributed by atoms with Gasteiger partial charge in [0.25, 0.3) is 0 Å². The molecule has 4 N–H and O–H groups in total. The summed E-state index contributed by atoms with van der Waals surface area (Å²) >= 11 is 0. The first-order chi connectivity index (χ1) is 10.5. The van der Waals surface area contributed by atoms with E-state index in [4.69, 9.17) is 9.84 Å². The van der Waals surface area contributed by atoms with E-state index >= 15 is 0 Å². The Hall–Kier alpha value is -1.81. The van der Waals surface area contributed by atoms with Crippen molar-refractivity contribution in [1.82, 2.24) is 19.5 Å². The van der Waals surface area contributed by atoms with E-state index in [1.165, 1.54) is 17.2 Å². The molecule has 120 valence electrons. The molecule has 1 aliphatic heterocycles. The van der Waals surface area contributed by atoms with Gasteiger partial charge in [-0.1, -0.05) is 0 Å². The zero-order valence-corrected chi connectivity index (χ0v) is 12.3. The third-order valence-electron chi connectivity index (χ3n) is 3.58. The standard InChI is InChI=1S/C13H19N5O4/c1-6(2)17-11-8-12(15-4-14-11)18(5-16-8)13-10(21)9(20)7(3-19)22-13/h4-7,9-10,13,19-21H,3H2,1-2H3,(H,14,15,17)/t7-,9-,10-,13?/m1/s1. The lowest BCUT2D eigenvalue weighted by atomic mass is 10.1. The highest BCUT2D eigenvalue weighted by Crippen LogP contribution is 2.32. The summed E-state index contributed by atoms with van der Waals surface area (Å²) in [6.45, 7) is 3.59. The Morgan fingerprint density at radius 2 is 2.05 bits per heavy atom. The number of hydrogen-bond acceptors (Lipinski definition) is 8. The van der Waals surface area contributed by atoms with E-state index < -0.39 is 24.5 Å². The molecule has 22 heavy (non-hydrogen) atoms. The second-order valence-corrected chi connectivity index (χ2v) is 5.57. The molecule has 1 saturated heterocycles. The molecule has 1 fully saturated rings. The van der Waals surface area contributed by atoms with Crippen LogP contribution in [0, 0.1) is 0 Å². The van der Waals surface area contributed by atoms with Gasteiger partial charge < -0.3 is 25.4 Å². The average Bonchev–Trinajstić information content (AvgIpc) is 3.02. The Labute approximate surface area is 126 Å². The van der Waals surface area contributed by atoms with Gasteiger partial charge in [0, 0.05) is 6.04 Å². The van der Waals surface area contributed by atoms with Crippen molar-refractivity contribution in [2.45, 2.75) is 44.4 Å². The third-order valence-corrected chi connectivity index (χ3v) is 3.58. The number of aromatic nitrogens is 4. The summed E-state index contributed by atoms with van der Waals surface area (Å²) in [7, 11) is 0. The highest BCUT2D eigenvalue weighted by Gasteiger charge is 2.44. The topological polar surface area (TPSA) is 126 Å². The molecule has 0 aliphatic carbocycles. The maximum absolute atomic E-state index is 10.1. The number of rotatable bonds is 4. The molecule has 0 aromatic carbocycles. The van der Waals surface area contributed by atoms with Crippen molar-refractivity contribution in [3.8, 4) is 0 Å². The lowest BCUT2D eigenvalue weighted by Gasteiger charge is -2.16. The summed E-state index contributed by atoms with van der Waals surface area (Å²) in [5.74, 6) is 0.588. The molecule has 9 nitrogen and oxygen atoms in total. The van der Waals surface area contributed by atoms with Crippen LogP contribution < -0.4 is 5.32 Å². The molecule has 1 aliphatic rings. The SMILES string of the molecule is CC(C)Nc1ncnc2c1ncn2C1O[C@H](CO)[C@@H](O)[C@H]1O. The van der Waals surface area contributed by atoms with E-state index in [0.29, 0.717) is 17.0 Å². The number of nitrogens with one attached hydrogen (secondary N) is 1. The van der Waals surface area contributed by atoms with Crippen LogP contribution in [0.2, 0.25) is 0 Å². The molecule has 0 radical (unpaired) electrons. The number of hydrogen-bond donors (Lipinski definition) is 4. The first-order valence-corrected chi connectivity index (χ1v) is 7.09. The Bertz CT molecular complexity index is 661. The fourth-order valence-electron chi connectivity index (χ4n) is 2.53. The smallest absolute Gasteiger partial charge is 0.167 e. The number of fused-ring (bicyclic) bond motifs is 1. The lowest BCUT2D eigenvalue weighted by Crippen LogP contribution is -2.33. The number of ether oxygens (including phenoxy) is 1. The van der Waals surface area contributed by atoms with Gasteiger partial charge in [-0.25, -0.2) is 15.0 Å². The number of aliphatic hydroxyl groups excluding tert-OH is 3. The molecule has 3 heterocycles. The number of imidazole rings is 1. The van der Waals surface area contributed by atoms with Crippen LogP contribution in [0.15, 0.2) is 12.7 Å². The Morgan fingerprint density at radius 1 is 1.27 bits per heavy atom. The van der Waals surface area contributed by atoms with Gasteiger partial charge in [0.1, 0.15) is 24.6 Å². The Balaban J connectivity index is 1.99. The highest BCUT2D eigenvalue weighted by molar-refractivity contribution is 5.82. The fourth-order valence-corrected chi connectivity index (χ4v) is 2.53. The first-order valence-electron chi connectivity index (χ1n) is 7.09. The fraction of sp³-hybridized carbons (Fsp3) is 0.615. The minimum atomic E-state index is -1.17. The van der Waals surface area contributed by atoms with Crippen molar-refractivity contribution in [3.05, 3.63) is 12.7 Å². The van der Waals surface area contributed by atoms with Crippen molar-refractivity contribution in [1.29, 1.82) is 0 Å². The normalized spacial score (nSPS) is 28.6. The average molecular weight is 309 g/mol. The molecule has 4 atom stereocenters. The molecular weight excluding hydrogens is 290 g/mol. The van der Waals surface area contributed by atoms with Gasteiger partial charge in [-0.15, -0.1) is 0 Å². The summed E-state index contributed by atoms with van der Waals surface area (Å²) in [5, 5.41) is 32.3. The molecule has 0 saturated carbocycles. The van der Waals surface area contributed by atoms with Crippen LogP contribution in [0.4, 0.5) is 5.82 Å². The van der Waals surface area contributed by atoms with Crippen molar-refractivity contribution in [3.63, 3.8) is 0 Å². The van der Waals surface area contributed by atoms with Crippen LogP contribution in [-0.2, 0) is 4.74 Å². The summed E-state index contributed by atoms with van der Waals surface area (Å²) < 4.78 is 7.03. The third kappa shape index (κ3) is 2.41. The molecule has 0 spiro atoms. The number of aliphatic hydroxyl groups is 3. The van der Waals surface area contributed by atoms with Crippen LogP contribution in [0.25, 0.3) is 11.2 Å². The zero-order valence-electron chi connectivity index (χ0n) is 12.3. The van der Waals surface area contributed by atoms with E-state index in [1.807, 2.05) is 13.8 Å². The monoisotopic (exact) mass is 309 g/mol. The van der Waals surface area contributed by atoms with Crippen molar-refractivity contribution < 1.29 is 20.1 Å². The Kier molecular flexibility index (Phi) is 3.96. The molecule has 3 rings (SSSR count). The van der Waals surface area contributed by atoms with E-state index in [0.717, 1.165) is 0 Å². The summed E-state index contributed by atoms with van der Waals surface area (Å²) in [5.41, 5.74) is 1.03. The van der Waals surface area contributed by atoms with Gasteiger partial charge in [-0.2, -0.15) is 0 Å². The second kappa shape index (κ2) is 5.76. The molecular formula is C13H19N5O4. The van der Waals surface area contributed by atoms with Crippen molar-refractivity contribution in [2.24, 2.45) is 0 Å². The summed E-state index contributed by atoms with van der Waals surface area (Å²) in [6.07, 6.45) is -1.17. The van der Waals surface area contributed by atoms with Gasteiger partial charge in [-0.05, 0) is 13.8 Å². The van der Waals surface area contributed by atoms with Gasteiger partial charge in [0.15, 0.2) is 23.2 Å². The second-order valence-electron chi connectivity index (χ2n) is 5.57. The molecule has 9 heteroatoms. The summed E-state index contributed by atoms with van der Waals surface area (Å²) in [6, 6.07) is 0.178. The van der Waals surface area contributed by atoms with Gasteiger partial charge in [0.05, 0.1) is 12.9 Å². The minimum absolute atomic E-state index is 0.178. The molecule has 2 aromatic rings. The lowest BCUT2D eigenvalue weighted by molar-refractivity contribution is -0.0511. The van der Waals surface area contributed by atoms with Gasteiger partial charge in [-0.3, -0.25) is 4.57 Å². The maximum Gasteiger partial charge on any atom is 0.167 e. The highest BCUT2D eigenvalue weighted by atomic mass is 16.6.